The molecule has 0 aromatic heterocycles. The number of carbonyl (C=O) groups excluding carboxylic acids is 2. The van der Waals surface area contributed by atoms with Crippen LogP contribution in [0.15, 0.2) is 17.1 Å². The summed E-state index contributed by atoms with van der Waals surface area (Å²) in [6.45, 7) is 5.02. The van der Waals surface area contributed by atoms with Gasteiger partial charge in [0.1, 0.15) is 0 Å². The predicted octanol–water partition coefficient (Wildman–Crippen LogP) is 1.00. The van der Waals surface area contributed by atoms with E-state index in [9.17, 15) is 9.59 Å². The fraction of sp³-hybridized carbons (Fsp3) is 0.722. The molecule has 0 aromatic carbocycles. The Bertz CT molecular complexity index is 551. The third kappa shape index (κ3) is 4.21. The minimum Gasteiger partial charge on any atom is -0.385 e. The Labute approximate surface area is 172 Å². The lowest BCUT2D eigenvalue weighted by atomic mass is 9.85. The molecule has 1 saturated heterocycles. The number of nitrogens with zero attached hydrogens (tertiary/aromatic N) is 2. The van der Waals surface area contributed by atoms with Gasteiger partial charge >= 0.3 is 0 Å². The number of guanidine groups is 1. The summed E-state index contributed by atoms with van der Waals surface area (Å²) in [4.78, 5) is 31.1. The highest BCUT2D eigenvalue weighted by Crippen LogP contribution is 2.52. The number of fused-ring (bicyclic) bond motifs is 5. The van der Waals surface area contributed by atoms with Crippen LogP contribution in [0.1, 0.15) is 19.8 Å². The lowest BCUT2D eigenvalue weighted by Crippen LogP contribution is -2.43. The van der Waals surface area contributed by atoms with Crippen molar-refractivity contribution in [3.63, 3.8) is 0 Å². The first-order valence-corrected chi connectivity index (χ1v) is 9.22. The van der Waals surface area contributed by atoms with Crippen LogP contribution in [0.4, 0.5) is 0 Å². The molecule has 4 atom stereocenters. The average molecular weight is 476 g/mol. The van der Waals surface area contributed by atoms with Crippen LogP contribution >= 0.6 is 24.0 Å². The Balaban J connectivity index is 0.00000243. The molecular weight excluding hydrogens is 447 g/mol. The first-order valence-electron chi connectivity index (χ1n) is 9.22. The number of methoxy groups -OCH3 is 1. The van der Waals surface area contributed by atoms with E-state index in [1.165, 1.54) is 4.90 Å². The minimum absolute atomic E-state index is 0. The zero-order valence-corrected chi connectivity index (χ0v) is 17.8. The van der Waals surface area contributed by atoms with E-state index in [1.54, 1.807) is 7.11 Å². The second-order valence-electron chi connectivity index (χ2n) is 6.86. The van der Waals surface area contributed by atoms with Gasteiger partial charge in [0.2, 0.25) is 11.8 Å². The Morgan fingerprint density at radius 3 is 2.46 bits per heavy atom. The number of likely N-dealkylation sites (tertiary alicyclic amines) is 1. The number of hydrogen-bond acceptors (Lipinski definition) is 4. The maximum atomic E-state index is 12.6. The van der Waals surface area contributed by atoms with Crippen LogP contribution < -0.4 is 10.6 Å². The molecule has 2 amide bonds. The summed E-state index contributed by atoms with van der Waals surface area (Å²) in [6, 6.07) is 0. The summed E-state index contributed by atoms with van der Waals surface area (Å²) in [5.74, 6) is 1.04. The van der Waals surface area contributed by atoms with E-state index in [0.717, 1.165) is 19.4 Å². The van der Waals surface area contributed by atoms with E-state index in [4.69, 9.17) is 4.74 Å². The van der Waals surface area contributed by atoms with Gasteiger partial charge < -0.3 is 15.4 Å². The van der Waals surface area contributed by atoms with Gasteiger partial charge in [0, 0.05) is 39.9 Å². The Hall–Kier alpha value is -1.16. The van der Waals surface area contributed by atoms with Crippen molar-refractivity contribution in [2.75, 3.05) is 39.9 Å². The zero-order chi connectivity index (χ0) is 17.8. The topological polar surface area (TPSA) is 83.0 Å². The van der Waals surface area contributed by atoms with Crippen LogP contribution in [0.3, 0.4) is 0 Å². The van der Waals surface area contributed by atoms with E-state index in [-0.39, 0.29) is 59.5 Å². The third-order valence-electron chi connectivity index (χ3n) is 5.31. The summed E-state index contributed by atoms with van der Waals surface area (Å²) in [5.41, 5.74) is 0. The number of carbonyl (C=O) groups is 2. The van der Waals surface area contributed by atoms with Crippen molar-refractivity contribution in [1.29, 1.82) is 0 Å². The van der Waals surface area contributed by atoms with Crippen LogP contribution in [0.2, 0.25) is 0 Å². The summed E-state index contributed by atoms with van der Waals surface area (Å²) in [6.07, 6.45) is 6.07. The number of nitrogens with one attached hydrogen (secondary N) is 2. The Morgan fingerprint density at radius 1 is 1.23 bits per heavy atom. The fourth-order valence-corrected chi connectivity index (χ4v) is 4.21. The maximum absolute atomic E-state index is 12.6. The first-order chi connectivity index (χ1) is 12.2. The number of aliphatic imine (C=N–C) groups is 1. The molecule has 0 spiro atoms. The molecule has 26 heavy (non-hydrogen) atoms. The standard InChI is InChI=1S/C18H28N4O3.HI/c1-3-19-18(20-7-4-10-25-2)21-8-9-22-16(23)14-12-5-6-13(11-12)15(14)17(22)24;/h5-6,12-15H,3-4,7-11H2,1-2H3,(H2,19,20,21);1H. The molecular formula is C18H29IN4O3. The lowest BCUT2D eigenvalue weighted by Gasteiger charge is -2.18. The Morgan fingerprint density at radius 2 is 1.88 bits per heavy atom. The van der Waals surface area contributed by atoms with Crippen molar-refractivity contribution in [3.05, 3.63) is 12.2 Å². The van der Waals surface area contributed by atoms with Crippen molar-refractivity contribution in [3.8, 4) is 0 Å². The van der Waals surface area contributed by atoms with E-state index in [2.05, 4.69) is 27.8 Å². The molecule has 3 aliphatic rings. The van der Waals surface area contributed by atoms with Crippen molar-refractivity contribution in [2.24, 2.45) is 28.7 Å². The van der Waals surface area contributed by atoms with E-state index >= 15 is 0 Å². The van der Waals surface area contributed by atoms with Crippen LogP contribution in [0, 0.1) is 23.7 Å². The predicted molar refractivity (Wildman–Crippen MR) is 110 cm³/mol. The molecule has 146 valence electrons. The van der Waals surface area contributed by atoms with Crippen LogP contribution in [-0.2, 0) is 14.3 Å². The first kappa shape index (κ1) is 21.1. The largest absolute Gasteiger partial charge is 0.385 e. The smallest absolute Gasteiger partial charge is 0.233 e. The van der Waals surface area contributed by atoms with Crippen molar-refractivity contribution in [1.82, 2.24) is 15.5 Å². The number of rotatable bonds is 8. The second kappa shape index (κ2) is 9.68. The maximum Gasteiger partial charge on any atom is 0.233 e. The number of imide groups is 1. The van der Waals surface area contributed by atoms with Crippen LogP contribution in [0.5, 0.6) is 0 Å². The normalized spacial score (nSPS) is 29.2. The summed E-state index contributed by atoms with van der Waals surface area (Å²) < 4.78 is 5.02. The summed E-state index contributed by atoms with van der Waals surface area (Å²) in [5, 5.41) is 6.38. The highest BCUT2D eigenvalue weighted by molar-refractivity contribution is 14.0. The molecule has 2 N–H and O–H groups in total. The van der Waals surface area contributed by atoms with Gasteiger partial charge in [-0.15, -0.1) is 24.0 Å². The molecule has 1 heterocycles. The molecule has 4 unspecified atom stereocenters. The van der Waals surface area contributed by atoms with Gasteiger partial charge in [-0.3, -0.25) is 19.5 Å². The highest BCUT2D eigenvalue weighted by atomic mass is 127. The van der Waals surface area contributed by atoms with Crippen molar-refractivity contribution < 1.29 is 14.3 Å². The highest BCUT2D eigenvalue weighted by Gasteiger charge is 2.58. The molecule has 1 aliphatic heterocycles. The molecule has 2 bridgehead atoms. The molecule has 1 saturated carbocycles. The zero-order valence-electron chi connectivity index (χ0n) is 15.4. The SMILES string of the molecule is CCNC(=NCCCOC)NCCN1C(=O)C2C3C=CC(C3)C2C1=O.I. The van der Waals surface area contributed by atoms with Gasteiger partial charge in [-0.2, -0.15) is 0 Å². The number of amides is 2. The molecule has 0 radical (unpaired) electrons. The average Bonchev–Trinajstić information content (AvgIpc) is 3.28. The van der Waals surface area contributed by atoms with Gasteiger partial charge in [0.05, 0.1) is 11.8 Å². The van der Waals surface area contributed by atoms with Crippen molar-refractivity contribution >= 4 is 41.8 Å². The molecule has 3 rings (SSSR count). The molecule has 2 fully saturated rings. The molecule has 7 nitrogen and oxygen atoms in total. The van der Waals surface area contributed by atoms with E-state index in [0.29, 0.717) is 32.2 Å². The monoisotopic (exact) mass is 476 g/mol. The van der Waals surface area contributed by atoms with Gasteiger partial charge in [-0.1, -0.05) is 12.2 Å². The molecule has 8 heteroatoms. The summed E-state index contributed by atoms with van der Waals surface area (Å²) >= 11 is 0. The van der Waals surface area contributed by atoms with Gasteiger partial charge in [0.25, 0.3) is 0 Å². The van der Waals surface area contributed by atoms with Gasteiger partial charge in [-0.05, 0) is 31.6 Å². The van der Waals surface area contributed by atoms with Crippen LogP contribution in [0.25, 0.3) is 0 Å². The van der Waals surface area contributed by atoms with Gasteiger partial charge in [0.15, 0.2) is 5.96 Å². The fourth-order valence-electron chi connectivity index (χ4n) is 4.21. The number of ether oxygens (including phenoxy) is 1. The summed E-state index contributed by atoms with van der Waals surface area (Å²) in [7, 11) is 1.67. The van der Waals surface area contributed by atoms with Gasteiger partial charge in [-0.25, -0.2) is 0 Å². The lowest BCUT2D eigenvalue weighted by molar-refractivity contribution is -0.140. The number of allylic oxidation sites excluding steroid dienone is 2. The van der Waals surface area contributed by atoms with Crippen LogP contribution in [-0.4, -0.2) is 62.6 Å². The number of halogens is 1. The number of hydrogen-bond donors (Lipinski definition) is 2. The molecule has 2 aliphatic carbocycles. The molecule has 0 aromatic rings. The second-order valence-corrected chi connectivity index (χ2v) is 6.86. The Kier molecular flexibility index (Phi) is 7.87. The third-order valence-corrected chi connectivity index (χ3v) is 5.31. The minimum atomic E-state index is -0.113. The quantitative estimate of drug-likeness (QED) is 0.137. The van der Waals surface area contributed by atoms with E-state index < -0.39 is 0 Å². The van der Waals surface area contributed by atoms with Crippen molar-refractivity contribution in [2.45, 2.75) is 19.8 Å². The van der Waals surface area contributed by atoms with E-state index in [1.807, 2.05) is 6.92 Å².